The second-order valence-electron chi connectivity index (χ2n) is 5.90. The van der Waals surface area contributed by atoms with Crippen LogP contribution < -0.4 is 5.32 Å². The summed E-state index contributed by atoms with van der Waals surface area (Å²) in [6.45, 7) is 2.04. The maximum absolute atomic E-state index is 12.8. The minimum absolute atomic E-state index is 0.222. The van der Waals surface area contributed by atoms with Crippen molar-refractivity contribution in [2.45, 2.75) is 18.4 Å². The Labute approximate surface area is 155 Å². The molecule has 0 atom stereocenters. The van der Waals surface area contributed by atoms with Gasteiger partial charge in [-0.25, -0.2) is 4.68 Å². The van der Waals surface area contributed by atoms with Crippen LogP contribution in [0.2, 0.25) is 5.02 Å². The zero-order valence-electron chi connectivity index (χ0n) is 13.6. The Morgan fingerprint density at radius 2 is 1.92 bits per heavy atom. The second-order valence-corrected chi connectivity index (χ2v) is 7.29. The normalized spacial score (nSPS) is 12.9. The van der Waals surface area contributed by atoms with Crippen molar-refractivity contribution in [2.75, 3.05) is 5.32 Å². The predicted octanol–water partition coefficient (Wildman–Crippen LogP) is 4.83. The molecule has 25 heavy (non-hydrogen) atoms. The third kappa shape index (κ3) is 2.94. The molecule has 2 aromatic carbocycles. The summed E-state index contributed by atoms with van der Waals surface area (Å²) in [5.74, 6) is 2.22. The van der Waals surface area contributed by atoms with Gasteiger partial charge in [-0.2, -0.15) is 16.9 Å². The third-order valence-electron chi connectivity index (χ3n) is 4.25. The topological polar surface area (TPSA) is 46.9 Å². The molecule has 0 saturated carbocycles. The smallest absolute Gasteiger partial charge is 0.258 e. The highest BCUT2D eigenvalue weighted by molar-refractivity contribution is 7.98. The molecule has 4 nitrogen and oxygen atoms in total. The molecule has 4 rings (SSSR count). The van der Waals surface area contributed by atoms with E-state index in [0.717, 1.165) is 39.8 Å². The van der Waals surface area contributed by atoms with Gasteiger partial charge in [-0.05, 0) is 30.7 Å². The lowest BCUT2D eigenvalue weighted by Crippen LogP contribution is -2.17. The van der Waals surface area contributed by atoms with Crippen LogP contribution in [0.1, 0.15) is 27.2 Å². The molecule has 0 unspecified atom stereocenters. The quantitative estimate of drug-likeness (QED) is 0.719. The highest BCUT2D eigenvalue weighted by Crippen LogP contribution is 2.36. The number of hydrogen-bond acceptors (Lipinski definition) is 3. The summed E-state index contributed by atoms with van der Waals surface area (Å²) < 4.78 is 1.84. The van der Waals surface area contributed by atoms with Crippen molar-refractivity contribution < 1.29 is 4.79 Å². The number of aryl methyl sites for hydroxylation is 1. The lowest BCUT2D eigenvalue weighted by Gasteiger charge is -2.13. The van der Waals surface area contributed by atoms with Crippen LogP contribution in [0, 0.1) is 6.92 Å². The Morgan fingerprint density at radius 3 is 2.72 bits per heavy atom. The molecule has 1 amide bonds. The van der Waals surface area contributed by atoms with Crippen molar-refractivity contribution in [1.82, 2.24) is 9.78 Å². The van der Waals surface area contributed by atoms with Gasteiger partial charge in [0.1, 0.15) is 5.82 Å². The van der Waals surface area contributed by atoms with Crippen LogP contribution in [0.3, 0.4) is 0 Å². The first kappa shape index (κ1) is 16.2. The number of halogens is 1. The van der Waals surface area contributed by atoms with Crippen molar-refractivity contribution in [3.63, 3.8) is 0 Å². The van der Waals surface area contributed by atoms with Gasteiger partial charge in [0, 0.05) is 17.1 Å². The first-order chi connectivity index (χ1) is 12.1. The van der Waals surface area contributed by atoms with Crippen molar-refractivity contribution in [1.29, 1.82) is 0 Å². The molecule has 0 spiro atoms. The summed E-state index contributed by atoms with van der Waals surface area (Å²) in [4.78, 5) is 12.8. The predicted molar refractivity (Wildman–Crippen MR) is 103 cm³/mol. The Morgan fingerprint density at radius 1 is 1.16 bits per heavy atom. The average Bonchev–Trinajstić information content (AvgIpc) is 3.18. The number of para-hydroxylation sites is 1. The average molecular weight is 370 g/mol. The Kier molecular flexibility index (Phi) is 4.27. The van der Waals surface area contributed by atoms with Gasteiger partial charge in [0.25, 0.3) is 5.91 Å². The number of amides is 1. The molecule has 126 valence electrons. The van der Waals surface area contributed by atoms with Crippen molar-refractivity contribution in [3.05, 3.63) is 75.9 Å². The van der Waals surface area contributed by atoms with Crippen LogP contribution in [0.4, 0.5) is 5.82 Å². The van der Waals surface area contributed by atoms with Gasteiger partial charge < -0.3 is 5.32 Å². The van der Waals surface area contributed by atoms with Gasteiger partial charge in [0.2, 0.25) is 0 Å². The molecule has 1 aliphatic rings. The van der Waals surface area contributed by atoms with E-state index in [1.165, 1.54) is 0 Å². The Balaban J connectivity index is 1.78. The first-order valence-corrected chi connectivity index (χ1v) is 9.49. The number of fused-ring (bicyclic) bond motifs is 1. The standard InChI is InChI=1S/C19H16ClN3OS/c1-12-6-2-5-9-17(12)23-18(14-10-25-11-16(14)22-23)21-19(24)13-7-3-4-8-15(13)20/h2-9H,10-11H2,1H3,(H,21,24). The van der Waals surface area contributed by atoms with E-state index in [0.29, 0.717) is 10.6 Å². The fraction of sp³-hybridized carbons (Fsp3) is 0.158. The number of carbonyl (C=O) groups excluding carboxylic acids is 1. The van der Waals surface area contributed by atoms with Crippen LogP contribution in [0.25, 0.3) is 5.69 Å². The Bertz CT molecular complexity index is 967. The fourth-order valence-electron chi connectivity index (χ4n) is 2.94. The lowest BCUT2D eigenvalue weighted by molar-refractivity contribution is 0.102. The molecule has 0 aliphatic carbocycles. The zero-order chi connectivity index (χ0) is 17.4. The summed E-state index contributed by atoms with van der Waals surface area (Å²) in [5, 5.41) is 8.21. The number of thioether (sulfide) groups is 1. The maximum Gasteiger partial charge on any atom is 0.258 e. The summed E-state index contributed by atoms with van der Waals surface area (Å²) >= 11 is 7.98. The monoisotopic (exact) mass is 369 g/mol. The highest BCUT2D eigenvalue weighted by Gasteiger charge is 2.25. The molecule has 6 heteroatoms. The summed E-state index contributed by atoms with van der Waals surface area (Å²) in [6.07, 6.45) is 0. The van der Waals surface area contributed by atoms with E-state index in [2.05, 4.69) is 5.32 Å². The van der Waals surface area contributed by atoms with Crippen LogP contribution in [0.5, 0.6) is 0 Å². The van der Waals surface area contributed by atoms with Gasteiger partial charge in [0.05, 0.1) is 22.0 Å². The SMILES string of the molecule is Cc1ccccc1-n1nc2c(c1NC(=O)c1ccccc1Cl)CSC2. The third-order valence-corrected chi connectivity index (χ3v) is 5.55. The molecule has 0 bridgehead atoms. The molecule has 0 fully saturated rings. The number of aromatic nitrogens is 2. The fourth-order valence-corrected chi connectivity index (χ4v) is 4.19. The lowest BCUT2D eigenvalue weighted by atomic mass is 10.2. The number of benzene rings is 2. The van der Waals surface area contributed by atoms with Crippen molar-refractivity contribution in [2.24, 2.45) is 0 Å². The summed E-state index contributed by atoms with van der Waals surface area (Å²) in [6, 6.07) is 15.1. The minimum atomic E-state index is -0.222. The van der Waals surface area contributed by atoms with E-state index in [4.69, 9.17) is 16.7 Å². The zero-order valence-corrected chi connectivity index (χ0v) is 15.2. The molecule has 1 aromatic heterocycles. The van der Waals surface area contributed by atoms with E-state index >= 15 is 0 Å². The first-order valence-electron chi connectivity index (χ1n) is 7.95. The molecular weight excluding hydrogens is 354 g/mol. The van der Waals surface area contributed by atoms with Gasteiger partial charge in [-0.15, -0.1) is 0 Å². The highest BCUT2D eigenvalue weighted by atomic mass is 35.5. The van der Waals surface area contributed by atoms with Crippen LogP contribution in [-0.4, -0.2) is 15.7 Å². The van der Waals surface area contributed by atoms with Gasteiger partial charge in [-0.1, -0.05) is 41.9 Å². The summed E-state index contributed by atoms with van der Waals surface area (Å²) in [5.41, 5.74) is 4.65. The molecule has 1 aliphatic heterocycles. The van der Waals surface area contributed by atoms with E-state index in [-0.39, 0.29) is 5.91 Å². The number of hydrogen-bond donors (Lipinski definition) is 1. The van der Waals surface area contributed by atoms with Gasteiger partial charge in [0.15, 0.2) is 0 Å². The van der Waals surface area contributed by atoms with E-state index in [1.54, 1.807) is 30.0 Å². The van der Waals surface area contributed by atoms with Crippen molar-refractivity contribution in [3.8, 4) is 5.69 Å². The molecule has 0 saturated heterocycles. The summed E-state index contributed by atoms with van der Waals surface area (Å²) in [7, 11) is 0. The molecular formula is C19H16ClN3OS. The molecule has 1 N–H and O–H groups in total. The molecule has 0 radical (unpaired) electrons. The molecule has 2 heterocycles. The largest absolute Gasteiger partial charge is 0.306 e. The van der Waals surface area contributed by atoms with E-state index < -0.39 is 0 Å². The molecule has 3 aromatic rings. The number of anilines is 1. The van der Waals surface area contributed by atoms with E-state index in [1.807, 2.05) is 41.9 Å². The number of carbonyl (C=O) groups is 1. The van der Waals surface area contributed by atoms with Gasteiger partial charge in [-0.3, -0.25) is 4.79 Å². The van der Waals surface area contributed by atoms with Crippen LogP contribution >= 0.6 is 23.4 Å². The second kappa shape index (κ2) is 6.58. The van der Waals surface area contributed by atoms with Crippen molar-refractivity contribution >= 4 is 35.1 Å². The van der Waals surface area contributed by atoms with Gasteiger partial charge >= 0.3 is 0 Å². The number of nitrogens with zero attached hydrogens (tertiary/aromatic N) is 2. The number of rotatable bonds is 3. The van der Waals surface area contributed by atoms with E-state index in [9.17, 15) is 4.79 Å². The van der Waals surface area contributed by atoms with Crippen LogP contribution in [-0.2, 0) is 11.5 Å². The minimum Gasteiger partial charge on any atom is -0.306 e. The van der Waals surface area contributed by atoms with Crippen LogP contribution in [0.15, 0.2) is 48.5 Å². The Hall–Kier alpha value is -2.24. The number of nitrogens with one attached hydrogen (secondary N) is 1. The maximum atomic E-state index is 12.8.